The second kappa shape index (κ2) is 7.73. The third kappa shape index (κ3) is 5.97. The van der Waals surface area contributed by atoms with E-state index in [9.17, 15) is 8.42 Å². The van der Waals surface area contributed by atoms with E-state index in [1.807, 2.05) is 19.9 Å². The molecule has 0 fully saturated rings. The normalized spacial score (nSPS) is 9.82. The van der Waals surface area contributed by atoms with Crippen LogP contribution in [0, 0.1) is 12.3 Å². The van der Waals surface area contributed by atoms with Gasteiger partial charge in [-0.15, -0.1) is 0 Å². The molecule has 17 heavy (non-hydrogen) atoms. The lowest BCUT2D eigenvalue weighted by Gasteiger charge is -2.00. The van der Waals surface area contributed by atoms with Gasteiger partial charge in [0.2, 0.25) is 0 Å². The van der Waals surface area contributed by atoms with E-state index in [1.54, 1.807) is 12.1 Å². The Kier molecular flexibility index (Phi) is 7.05. The minimum atomic E-state index is -3.51. The molecule has 0 radical (unpaired) electrons. The molecule has 0 atom stereocenters. The van der Waals surface area contributed by atoms with Gasteiger partial charge >= 0.3 is 0 Å². The molecule has 0 aliphatic heterocycles. The molecule has 1 rings (SSSR count). The van der Waals surface area contributed by atoms with Crippen LogP contribution in [0.3, 0.4) is 0 Å². The van der Waals surface area contributed by atoms with Gasteiger partial charge < -0.3 is 0 Å². The zero-order chi connectivity index (χ0) is 13.3. The van der Waals surface area contributed by atoms with E-state index in [0.29, 0.717) is 6.54 Å². The maximum atomic E-state index is 11.1. The van der Waals surface area contributed by atoms with Crippen LogP contribution in [-0.2, 0) is 14.3 Å². The molecule has 0 amide bonds. The molecule has 0 aliphatic carbocycles. The van der Waals surface area contributed by atoms with Gasteiger partial charge in [0.1, 0.15) is 0 Å². The molecule has 1 aromatic rings. The minimum absolute atomic E-state index is 0.190. The Hall–Kier alpha value is -1.49. The van der Waals surface area contributed by atoms with Crippen molar-refractivity contribution in [2.75, 3.05) is 13.7 Å². The first kappa shape index (κ1) is 15.5. The van der Waals surface area contributed by atoms with Gasteiger partial charge in [-0.1, -0.05) is 17.7 Å². The van der Waals surface area contributed by atoms with Crippen LogP contribution in [0.15, 0.2) is 34.2 Å². The summed E-state index contributed by atoms with van der Waals surface area (Å²) < 4.78 is 26.5. The summed E-state index contributed by atoms with van der Waals surface area (Å²) in [6.45, 7) is 4.42. The molecule has 0 aromatic heterocycles. The van der Waals surface area contributed by atoms with Crippen LogP contribution in [0.5, 0.6) is 0 Å². The summed E-state index contributed by atoms with van der Waals surface area (Å²) in [5.41, 5.74) is 1.02. The number of benzene rings is 1. The third-order valence-corrected chi connectivity index (χ3v) is 3.05. The fourth-order valence-corrected chi connectivity index (χ4v) is 1.54. The van der Waals surface area contributed by atoms with Crippen LogP contribution >= 0.6 is 0 Å². The first-order chi connectivity index (χ1) is 7.97. The Morgan fingerprint density at radius 2 is 1.88 bits per heavy atom. The van der Waals surface area contributed by atoms with E-state index < -0.39 is 10.1 Å². The maximum Gasteiger partial charge on any atom is 0.296 e. The summed E-state index contributed by atoms with van der Waals surface area (Å²) in [5, 5.41) is 6.19. The fraction of sp³-hybridized carbons (Fsp3) is 0.364. The van der Waals surface area contributed by atoms with Gasteiger partial charge in [0.25, 0.3) is 10.1 Å². The molecular weight excluding hydrogens is 240 g/mol. The van der Waals surface area contributed by atoms with Gasteiger partial charge in [-0.25, -0.2) is 10.4 Å². The van der Waals surface area contributed by atoms with Crippen molar-refractivity contribution in [3.63, 3.8) is 0 Å². The smallest absolute Gasteiger partial charge is 0.270 e. The van der Waals surface area contributed by atoms with Gasteiger partial charge in [-0.05, 0) is 26.0 Å². The molecule has 0 unspecified atom stereocenters. The number of aryl methyl sites for hydroxylation is 1. The van der Waals surface area contributed by atoms with Gasteiger partial charge in [0, 0.05) is 6.54 Å². The van der Waals surface area contributed by atoms with E-state index in [4.69, 9.17) is 5.41 Å². The molecule has 0 spiro atoms. The van der Waals surface area contributed by atoms with Crippen LogP contribution in [-0.4, -0.2) is 28.1 Å². The van der Waals surface area contributed by atoms with Crippen molar-refractivity contribution >= 4 is 16.1 Å². The first-order valence-electron chi connectivity index (χ1n) is 4.93. The second-order valence-corrected chi connectivity index (χ2v) is 4.73. The van der Waals surface area contributed by atoms with Gasteiger partial charge in [-0.2, -0.15) is 8.42 Å². The molecule has 1 N–H and O–H groups in total. The molecule has 0 saturated heterocycles. The summed E-state index contributed by atoms with van der Waals surface area (Å²) in [7, 11) is -2.37. The number of rotatable bonds is 3. The molecule has 0 heterocycles. The number of aliphatic imine (C=N–C) groups is 1. The van der Waals surface area contributed by atoms with Crippen LogP contribution < -0.4 is 0 Å². The molecular formula is C11H16N2O3S. The average Bonchev–Trinajstić information content (AvgIpc) is 2.31. The molecule has 5 nitrogen and oxygen atoms in total. The molecule has 1 aromatic carbocycles. The highest BCUT2D eigenvalue weighted by atomic mass is 32.2. The lowest BCUT2D eigenvalue weighted by atomic mass is 10.2. The number of nitrogens with zero attached hydrogens (tertiary/aromatic N) is 1. The van der Waals surface area contributed by atoms with Crippen LogP contribution in [0.2, 0.25) is 0 Å². The van der Waals surface area contributed by atoms with Crippen LogP contribution in [0.4, 0.5) is 0 Å². The lowest BCUT2D eigenvalue weighted by Crippen LogP contribution is -2.02. The van der Waals surface area contributed by atoms with Crippen LogP contribution in [0.25, 0.3) is 0 Å². The monoisotopic (exact) mass is 256 g/mol. The van der Waals surface area contributed by atoms with E-state index in [2.05, 4.69) is 9.18 Å². The van der Waals surface area contributed by atoms with E-state index in [-0.39, 0.29) is 4.90 Å². The molecule has 6 heteroatoms. The average molecular weight is 256 g/mol. The summed E-state index contributed by atoms with van der Waals surface area (Å²) in [5.74, 6) is 0. The summed E-state index contributed by atoms with van der Waals surface area (Å²) in [6, 6.07) is 8.39. The van der Waals surface area contributed by atoms with E-state index >= 15 is 0 Å². The number of hydrogen-bond donors (Lipinski definition) is 1. The Balaban J connectivity index is 0.000000437. The highest BCUT2D eigenvalue weighted by Crippen LogP contribution is 2.11. The van der Waals surface area contributed by atoms with Crippen molar-refractivity contribution in [1.29, 1.82) is 5.41 Å². The molecule has 0 bridgehead atoms. The lowest BCUT2D eigenvalue weighted by molar-refractivity contribution is 0.398. The minimum Gasteiger partial charge on any atom is -0.270 e. The second-order valence-electron chi connectivity index (χ2n) is 3.02. The maximum absolute atomic E-state index is 11.1. The quantitative estimate of drug-likeness (QED) is 0.664. The Labute approximate surface area is 102 Å². The van der Waals surface area contributed by atoms with Crippen molar-refractivity contribution in [2.24, 2.45) is 4.99 Å². The van der Waals surface area contributed by atoms with Gasteiger partial charge in [0.05, 0.1) is 18.0 Å². The highest BCUT2D eigenvalue weighted by molar-refractivity contribution is 7.86. The summed E-state index contributed by atoms with van der Waals surface area (Å²) in [6.07, 6.45) is 0. The topological polar surface area (TPSA) is 79.6 Å². The van der Waals surface area contributed by atoms with Crippen molar-refractivity contribution < 1.29 is 12.6 Å². The van der Waals surface area contributed by atoms with Crippen molar-refractivity contribution in [3.8, 4) is 0 Å². The van der Waals surface area contributed by atoms with Crippen molar-refractivity contribution in [1.82, 2.24) is 0 Å². The highest BCUT2D eigenvalue weighted by Gasteiger charge is 2.10. The molecule has 0 aliphatic rings. The standard InChI is InChI=1S/C8H10O3S.C3H6N2/c1-7-3-5-8(6-4-7)12(9,10)11-2;1-2-5-3-4/h3-6H,1-2H3;4H,2H2,1H3. The Morgan fingerprint density at radius 1 is 1.35 bits per heavy atom. The molecule has 94 valence electrons. The predicted octanol–water partition coefficient (Wildman–Crippen LogP) is 2.09. The zero-order valence-electron chi connectivity index (χ0n) is 10.1. The Bertz CT molecular complexity index is 474. The van der Waals surface area contributed by atoms with E-state index in [0.717, 1.165) is 12.7 Å². The summed E-state index contributed by atoms with van der Waals surface area (Å²) in [4.78, 5) is 3.58. The van der Waals surface area contributed by atoms with Gasteiger partial charge in [-0.3, -0.25) is 4.18 Å². The number of hydrogen-bond acceptors (Lipinski definition) is 5. The van der Waals surface area contributed by atoms with E-state index in [1.165, 1.54) is 12.1 Å². The van der Waals surface area contributed by atoms with Crippen molar-refractivity contribution in [2.45, 2.75) is 18.7 Å². The Morgan fingerprint density at radius 3 is 2.18 bits per heavy atom. The fourth-order valence-electron chi connectivity index (χ4n) is 0.880. The SMILES string of the molecule is CCN=C=N.COS(=O)(=O)c1ccc(C)cc1. The summed E-state index contributed by atoms with van der Waals surface area (Å²) >= 11 is 0. The zero-order valence-corrected chi connectivity index (χ0v) is 10.9. The van der Waals surface area contributed by atoms with Crippen molar-refractivity contribution in [3.05, 3.63) is 29.8 Å². The van der Waals surface area contributed by atoms with Gasteiger partial charge in [0.15, 0.2) is 0 Å². The van der Waals surface area contributed by atoms with Crippen LogP contribution in [0.1, 0.15) is 12.5 Å². The first-order valence-corrected chi connectivity index (χ1v) is 6.34. The number of nitrogens with one attached hydrogen (secondary N) is 1. The largest absolute Gasteiger partial charge is 0.296 e. The predicted molar refractivity (Wildman–Crippen MR) is 66.1 cm³/mol. The third-order valence-electron chi connectivity index (χ3n) is 1.77. The molecule has 0 saturated carbocycles.